The van der Waals surface area contributed by atoms with E-state index in [0.29, 0.717) is 13.1 Å². The zero-order valence-corrected chi connectivity index (χ0v) is 18.8. The predicted octanol–water partition coefficient (Wildman–Crippen LogP) is 5.32. The highest BCUT2D eigenvalue weighted by Gasteiger charge is 2.34. The molecule has 2 aromatic heterocycles. The molecule has 5 rings (SSSR count). The van der Waals surface area contributed by atoms with E-state index < -0.39 is 0 Å². The fraction of sp³-hybridized carbons (Fsp3) is 0.259. The largest absolute Gasteiger partial charge is 0.332 e. The lowest BCUT2D eigenvalue weighted by atomic mass is 9.95. The zero-order valence-electron chi connectivity index (χ0n) is 18.8. The summed E-state index contributed by atoms with van der Waals surface area (Å²) in [7, 11) is 0. The van der Waals surface area contributed by atoms with Crippen LogP contribution in [0.2, 0.25) is 0 Å². The Kier molecular flexibility index (Phi) is 5.17. The van der Waals surface area contributed by atoms with Gasteiger partial charge in [-0.15, -0.1) is 0 Å². The molecule has 4 aromatic rings. The molecule has 5 heteroatoms. The molecule has 2 aromatic carbocycles. The molecule has 5 nitrogen and oxygen atoms in total. The normalized spacial score (nSPS) is 13.9. The highest BCUT2D eigenvalue weighted by molar-refractivity contribution is 5.84. The Balaban J connectivity index is 1.52. The average molecular weight is 425 g/mol. The Hall–Kier alpha value is -3.60. The molecule has 0 radical (unpaired) electrons. The van der Waals surface area contributed by atoms with E-state index in [-0.39, 0.29) is 11.8 Å². The smallest absolute Gasteiger partial charge is 0.230 e. The van der Waals surface area contributed by atoms with Gasteiger partial charge in [-0.2, -0.15) is 5.10 Å². The maximum atomic E-state index is 13.5. The van der Waals surface area contributed by atoms with Crippen molar-refractivity contribution >= 4 is 5.91 Å². The molecule has 1 unspecified atom stereocenters. The lowest BCUT2D eigenvalue weighted by Crippen LogP contribution is -2.31. The van der Waals surface area contributed by atoms with Crippen LogP contribution < -0.4 is 0 Å². The van der Waals surface area contributed by atoms with Gasteiger partial charge < -0.3 is 9.47 Å². The summed E-state index contributed by atoms with van der Waals surface area (Å²) < 4.78 is 4.14. The van der Waals surface area contributed by atoms with E-state index in [0.717, 1.165) is 34.7 Å². The predicted molar refractivity (Wildman–Crippen MR) is 126 cm³/mol. The number of nitrogens with zero attached hydrogens (tertiary/aromatic N) is 4. The minimum atomic E-state index is -0.123. The molecule has 1 aliphatic heterocycles. The summed E-state index contributed by atoms with van der Waals surface area (Å²) in [6, 6.07) is 20.6. The molecule has 0 saturated heterocycles. The third-order valence-electron chi connectivity index (χ3n) is 6.38. The Morgan fingerprint density at radius 3 is 2.44 bits per heavy atom. The summed E-state index contributed by atoms with van der Waals surface area (Å²) in [6.45, 7) is 7.43. The summed E-state index contributed by atoms with van der Waals surface area (Å²) in [5.74, 6) is 1.06. The van der Waals surface area contributed by atoms with Gasteiger partial charge in [-0.3, -0.25) is 4.79 Å². The number of hydrogen-bond acceptors (Lipinski definition) is 2. The van der Waals surface area contributed by atoms with Crippen LogP contribution in [0.4, 0.5) is 0 Å². The third kappa shape index (κ3) is 3.44. The van der Waals surface area contributed by atoms with Crippen LogP contribution in [0.25, 0.3) is 11.5 Å². The van der Waals surface area contributed by atoms with Crippen LogP contribution in [0.5, 0.6) is 0 Å². The molecule has 162 valence electrons. The SMILES string of the molecule is CCC(C(=O)N1Cc2nn(-c3ccc(C)cc3C)c(-n3cccc3)c2C1)c1ccccc1. The second kappa shape index (κ2) is 8.15. The highest BCUT2D eigenvalue weighted by Crippen LogP contribution is 2.34. The Labute approximate surface area is 188 Å². The standard InChI is InChI=1S/C27H28N4O/c1-4-22(21-10-6-5-7-11-21)27(32)30-17-23-24(18-30)28-31(26(23)29-14-8-9-15-29)25-13-12-19(2)16-20(25)3/h5-16,22H,4,17-18H2,1-3H3. The van der Waals surface area contributed by atoms with Crippen LogP contribution >= 0.6 is 0 Å². The Morgan fingerprint density at radius 1 is 1.00 bits per heavy atom. The van der Waals surface area contributed by atoms with Crippen molar-refractivity contribution in [3.8, 4) is 11.5 Å². The maximum absolute atomic E-state index is 13.5. The van der Waals surface area contributed by atoms with E-state index >= 15 is 0 Å². The lowest BCUT2D eigenvalue weighted by molar-refractivity contribution is -0.133. The second-order valence-electron chi connectivity index (χ2n) is 8.61. The molecule has 0 spiro atoms. The van der Waals surface area contributed by atoms with Gasteiger partial charge in [0.1, 0.15) is 5.82 Å². The first kappa shape index (κ1) is 20.3. The molecule has 0 aliphatic carbocycles. The summed E-state index contributed by atoms with van der Waals surface area (Å²) in [5, 5.41) is 5.00. The molecule has 1 atom stereocenters. The number of hydrogen-bond donors (Lipinski definition) is 0. The van der Waals surface area contributed by atoms with Gasteiger partial charge in [0, 0.05) is 18.0 Å². The van der Waals surface area contributed by atoms with Crippen LogP contribution in [-0.2, 0) is 17.9 Å². The van der Waals surface area contributed by atoms with Crippen LogP contribution in [0.15, 0.2) is 73.1 Å². The van der Waals surface area contributed by atoms with Crippen LogP contribution in [-0.4, -0.2) is 25.2 Å². The number of benzene rings is 2. The van der Waals surface area contributed by atoms with Gasteiger partial charge in [-0.25, -0.2) is 4.68 Å². The van der Waals surface area contributed by atoms with Gasteiger partial charge in [0.15, 0.2) is 0 Å². The molecular formula is C27H28N4O. The minimum Gasteiger partial charge on any atom is -0.332 e. The highest BCUT2D eigenvalue weighted by atomic mass is 16.2. The molecule has 1 aliphatic rings. The number of fused-ring (bicyclic) bond motifs is 1. The fourth-order valence-corrected chi connectivity index (χ4v) is 4.77. The van der Waals surface area contributed by atoms with Gasteiger partial charge in [0.2, 0.25) is 5.91 Å². The summed E-state index contributed by atoms with van der Waals surface area (Å²) in [5.41, 5.74) is 6.67. The van der Waals surface area contributed by atoms with Gasteiger partial charge in [-0.05, 0) is 49.6 Å². The monoisotopic (exact) mass is 424 g/mol. The van der Waals surface area contributed by atoms with E-state index in [9.17, 15) is 4.79 Å². The number of rotatable bonds is 5. The van der Waals surface area contributed by atoms with E-state index in [1.54, 1.807) is 0 Å². The fourth-order valence-electron chi connectivity index (χ4n) is 4.77. The number of aromatic nitrogens is 3. The van der Waals surface area contributed by atoms with Crippen molar-refractivity contribution in [2.75, 3.05) is 0 Å². The molecule has 1 amide bonds. The van der Waals surface area contributed by atoms with Gasteiger partial charge in [0.25, 0.3) is 0 Å². The van der Waals surface area contributed by atoms with E-state index in [1.165, 1.54) is 11.1 Å². The quantitative estimate of drug-likeness (QED) is 0.435. The summed E-state index contributed by atoms with van der Waals surface area (Å²) in [4.78, 5) is 15.4. The van der Waals surface area contributed by atoms with Gasteiger partial charge in [0.05, 0.1) is 30.4 Å². The van der Waals surface area contributed by atoms with Crippen molar-refractivity contribution in [3.05, 3.63) is 101 Å². The molecular weight excluding hydrogens is 396 g/mol. The number of amides is 1. The Bertz CT molecular complexity index is 1250. The zero-order chi connectivity index (χ0) is 22.2. The first-order valence-electron chi connectivity index (χ1n) is 11.2. The number of carbonyl (C=O) groups is 1. The lowest BCUT2D eigenvalue weighted by Gasteiger charge is -2.23. The first-order valence-corrected chi connectivity index (χ1v) is 11.2. The summed E-state index contributed by atoms with van der Waals surface area (Å²) in [6.07, 6.45) is 4.87. The van der Waals surface area contributed by atoms with Crippen molar-refractivity contribution in [1.82, 2.24) is 19.2 Å². The number of aryl methyl sites for hydroxylation is 2. The van der Waals surface area contributed by atoms with Crippen molar-refractivity contribution < 1.29 is 4.79 Å². The molecule has 0 N–H and O–H groups in total. The molecule has 0 bridgehead atoms. The number of carbonyl (C=O) groups excluding carboxylic acids is 1. The van der Waals surface area contributed by atoms with E-state index in [1.807, 2.05) is 64.4 Å². The topological polar surface area (TPSA) is 43.1 Å². The van der Waals surface area contributed by atoms with Crippen molar-refractivity contribution in [2.45, 2.75) is 46.2 Å². The van der Waals surface area contributed by atoms with Crippen molar-refractivity contribution in [1.29, 1.82) is 0 Å². The van der Waals surface area contributed by atoms with Gasteiger partial charge >= 0.3 is 0 Å². The molecule has 32 heavy (non-hydrogen) atoms. The Morgan fingerprint density at radius 2 is 1.75 bits per heavy atom. The van der Waals surface area contributed by atoms with Crippen molar-refractivity contribution in [3.63, 3.8) is 0 Å². The second-order valence-corrected chi connectivity index (χ2v) is 8.61. The third-order valence-corrected chi connectivity index (χ3v) is 6.38. The van der Waals surface area contributed by atoms with Gasteiger partial charge in [-0.1, -0.05) is 55.0 Å². The van der Waals surface area contributed by atoms with Crippen LogP contribution in [0.1, 0.15) is 47.2 Å². The van der Waals surface area contributed by atoms with Crippen LogP contribution in [0, 0.1) is 13.8 Å². The first-order chi connectivity index (χ1) is 15.6. The van der Waals surface area contributed by atoms with E-state index in [2.05, 4.69) is 43.5 Å². The summed E-state index contributed by atoms with van der Waals surface area (Å²) >= 11 is 0. The van der Waals surface area contributed by atoms with E-state index in [4.69, 9.17) is 5.10 Å². The molecule has 0 fully saturated rings. The van der Waals surface area contributed by atoms with Crippen molar-refractivity contribution in [2.24, 2.45) is 0 Å². The molecule has 0 saturated carbocycles. The maximum Gasteiger partial charge on any atom is 0.230 e. The van der Waals surface area contributed by atoms with Crippen LogP contribution in [0.3, 0.4) is 0 Å². The minimum absolute atomic E-state index is 0.123. The average Bonchev–Trinajstić information content (AvgIpc) is 3.51. The molecule has 3 heterocycles.